The largest absolute Gasteiger partial charge is 0.465 e. The molecule has 4 rings (SSSR count). The summed E-state index contributed by atoms with van der Waals surface area (Å²) < 4.78 is 4.72. The standard InChI is InChI=1S/C24H25N3O3S/c1-30-24(29)16-9-6-15(7-10-16)8-11-17-12-13-18(14-26-17)27-23(28)21-19-4-2-3-5-20(19)31-22(21)25/h6-7,9-10,12-14H,2-5,8,11,25H2,1H3,(H,27,28). The molecule has 1 aromatic carbocycles. The Kier molecular flexibility index (Phi) is 6.32. The number of carbonyl (C=O) groups is 2. The van der Waals surface area contributed by atoms with Crippen molar-refractivity contribution in [2.75, 3.05) is 18.2 Å². The molecule has 0 saturated heterocycles. The molecule has 31 heavy (non-hydrogen) atoms. The lowest BCUT2D eigenvalue weighted by atomic mass is 9.95. The number of esters is 1. The molecule has 3 aromatic rings. The number of rotatable bonds is 6. The zero-order valence-corrected chi connectivity index (χ0v) is 18.3. The third-order valence-electron chi connectivity index (χ3n) is 5.55. The molecule has 3 N–H and O–H groups in total. The van der Waals surface area contributed by atoms with Gasteiger partial charge < -0.3 is 15.8 Å². The van der Waals surface area contributed by atoms with Crippen LogP contribution in [0.15, 0.2) is 42.6 Å². The second kappa shape index (κ2) is 9.31. The number of nitrogens with one attached hydrogen (secondary N) is 1. The summed E-state index contributed by atoms with van der Waals surface area (Å²) in [6.45, 7) is 0. The zero-order chi connectivity index (χ0) is 21.8. The average molecular weight is 436 g/mol. The van der Waals surface area contributed by atoms with Gasteiger partial charge in [0.05, 0.1) is 35.1 Å². The van der Waals surface area contributed by atoms with Gasteiger partial charge in [-0.3, -0.25) is 9.78 Å². The zero-order valence-electron chi connectivity index (χ0n) is 17.4. The van der Waals surface area contributed by atoms with Crippen LogP contribution in [0.25, 0.3) is 0 Å². The van der Waals surface area contributed by atoms with E-state index in [2.05, 4.69) is 10.3 Å². The van der Waals surface area contributed by atoms with Crippen molar-refractivity contribution in [1.29, 1.82) is 0 Å². The van der Waals surface area contributed by atoms with E-state index in [4.69, 9.17) is 10.5 Å². The summed E-state index contributed by atoms with van der Waals surface area (Å²) in [7, 11) is 1.37. The molecule has 0 bridgehead atoms. The smallest absolute Gasteiger partial charge is 0.337 e. The summed E-state index contributed by atoms with van der Waals surface area (Å²) in [4.78, 5) is 30.1. The van der Waals surface area contributed by atoms with Crippen LogP contribution in [0.2, 0.25) is 0 Å². The number of carbonyl (C=O) groups excluding carboxylic acids is 2. The van der Waals surface area contributed by atoms with Gasteiger partial charge in [-0.1, -0.05) is 12.1 Å². The third-order valence-corrected chi connectivity index (χ3v) is 6.67. The number of benzene rings is 1. The molecule has 1 amide bonds. The van der Waals surface area contributed by atoms with E-state index in [1.807, 2.05) is 24.3 Å². The topological polar surface area (TPSA) is 94.3 Å². The van der Waals surface area contributed by atoms with Gasteiger partial charge >= 0.3 is 5.97 Å². The first-order chi connectivity index (χ1) is 15.0. The van der Waals surface area contributed by atoms with Gasteiger partial charge in [-0.2, -0.15) is 0 Å². The van der Waals surface area contributed by atoms with Crippen LogP contribution in [0, 0.1) is 0 Å². The van der Waals surface area contributed by atoms with Crippen molar-refractivity contribution in [3.05, 3.63) is 75.4 Å². The van der Waals surface area contributed by atoms with Crippen molar-refractivity contribution in [2.24, 2.45) is 0 Å². The Hall–Kier alpha value is -3.19. The molecule has 0 radical (unpaired) electrons. The molecular weight excluding hydrogens is 410 g/mol. The molecule has 0 spiro atoms. The lowest BCUT2D eigenvalue weighted by Gasteiger charge is -2.13. The van der Waals surface area contributed by atoms with Gasteiger partial charge in [0.1, 0.15) is 0 Å². The van der Waals surface area contributed by atoms with Crippen LogP contribution in [0.4, 0.5) is 10.7 Å². The van der Waals surface area contributed by atoms with E-state index >= 15 is 0 Å². The van der Waals surface area contributed by atoms with Crippen LogP contribution in [0.1, 0.15) is 55.3 Å². The lowest BCUT2D eigenvalue weighted by molar-refractivity contribution is 0.0600. The second-order valence-electron chi connectivity index (χ2n) is 7.63. The number of aromatic nitrogens is 1. The van der Waals surface area contributed by atoms with Gasteiger partial charge in [-0.15, -0.1) is 11.3 Å². The SMILES string of the molecule is COC(=O)c1ccc(CCc2ccc(NC(=O)c3c(N)sc4c3CCCC4)cn2)cc1. The molecule has 2 heterocycles. The molecule has 2 aromatic heterocycles. The van der Waals surface area contributed by atoms with E-state index in [9.17, 15) is 9.59 Å². The Morgan fingerprint density at radius 1 is 1.10 bits per heavy atom. The first kappa shape index (κ1) is 21.1. The number of pyridine rings is 1. The number of ether oxygens (including phenoxy) is 1. The fraction of sp³-hybridized carbons (Fsp3) is 0.292. The van der Waals surface area contributed by atoms with Crippen molar-refractivity contribution in [1.82, 2.24) is 4.98 Å². The number of hydrogen-bond acceptors (Lipinski definition) is 6. The summed E-state index contributed by atoms with van der Waals surface area (Å²) in [5.74, 6) is -0.493. The van der Waals surface area contributed by atoms with Gasteiger partial charge in [-0.05, 0) is 73.9 Å². The molecule has 0 saturated carbocycles. The number of anilines is 2. The van der Waals surface area contributed by atoms with Crippen LogP contribution in [-0.4, -0.2) is 24.0 Å². The summed E-state index contributed by atoms with van der Waals surface area (Å²) in [5, 5.41) is 3.54. The molecule has 7 heteroatoms. The van der Waals surface area contributed by atoms with E-state index in [0.717, 1.165) is 55.3 Å². The predicted octanol–water partition coefficient (Wildman–Crippen LogP) is 4.43. The van der Waals surface area contributed by atoms with Crippen LogP contribution in [-0.2, 0) is 30.4 Å². The summed E-state index contributed by atoms with van der Waals surface area (Å²) in [5.41, 5.74) is 11.1. The van der Waals surface area contributed by atoms with E-state index in [-0.39, 0.29) is 11.9 Å². The highest BCUT2D eigenvalue weighted by Crippen LogP contribution is 2.36. The number of hydrogen-bond donors (Lipinski definition) is 2. The first-order valence-electron chi connectivity index (χ1n) is 10.4. The molecule has 6 nitrogen and oxygen atoms in total. The fourth-order valence-electron chi connectivity index (χ4n) is 3.87. The van der Waals surface area contributed by atoms with Crippen molar-refractivity contribution in [2.45, 2.75) is 38.5 Å². The Bertz CT molecular complexity index is 1090. The maximum Gasteiger partial charge on any atom is 0.337 e. The van der Waals surface area contributed by atoms with E-state index < -0.39 is 0 Å². The van der Waals surface area contributed by atoms with E-state index in [0.29, 0.717) is 21.8 Å². The molecule has 0 unspecified atom stereocenters. The normalized spacial score (nSPS) is 12.8. The molecular formula is C24H25N3O3S. The highest BCUT2D eigenvalue weighted by molar-refractivity contribution is 7.16. The van der Waals surface area contributed by atoms with Gasteiger partial charge in [-0.25, -0.2) is 4.79 Å². The third kappa shape index (κ3) is 4.77. The Morgan fingerprint density at radius 3 is 2.58 bits per heavy atom. The molecule has 0 fully saturated rings. The molecule has 0 aliphatic heterocycles. The Balaban J connectivity index is 1.36. The minimum Gasteiger partial charge on any atom is -0.465 e. The number of amides is 1. The number of thiophene rings is 1. The van der Waals surface area contributed by atoms with E-state index in [1.54, 1.807) is 29.7 Å². The van der Waals surface area contributed by atoms with Crippen LogP contribution in [0.3, 0.4) is 0 Å². The number of methoxy groups -OCH3 is 1. The number of nitrogens with zero attached hydrogens (tertiary/aromatic N) is 1. The molecule has 1 aliphatic carbocycles. The van der Waals surface area contributed by atoms with E-state index in [1.165, 1.54) is 12.0 Å². The average Bonchev–Trinajstić information content (AvgIpc) is 3.14. The highest BCUT2D eigenvalue weighted by atomic mass is 32.1. The molecule has 0 atom stereocenters. The number of nitrogen functional groups attached to an aromatic ring is 1. The fourth-order valence-corrected chi connectivity index (χ4v) is 5.03. The van der Waals surface area contributed by atoms with Crippen molar-refractivity contribution in [3.63, 3.8) is 0 Å². The molecule has 160 valence electrons. The van der Waals surface area contributed by atoms with Crippen molar-refractivity contribution < 1.29 is 14.3 Å². The maximum atomic E-state index is 12.8. The van der Waals surface area contributed by atoms with Crippen LogP contribution >= 0.6 is 11.3 Å². The van der Waals surface area contributed by atoms with Crippen LogP contribution in [0.5, 0.6) is 0 Å². The predicted molar refractivity (Wildman–Crippen MR) is 123 cm³/mol. The summed E-state index contributed by atoms with van der Waals surface area (Å²) in [6.07, 6.45) is 7.44. The number of nitrogens with two attached hydrogens (primary N) is 1. The molecule has 1 aliphatic rings. The van der Waals surface area contributed by atoms with Gasteiger partial charge in [0.15, 0.2) is 0 Å². The summed E-state index contributed by atoms with van der Waals surface area (Å²) >= 11 is 1.54. The maximum absolute atomic E-state index is 12.8. The Morgan fingerprint density at radius 2 is 1.87 bits per heavy atom. The second-order valence-corrected chi connectivity index (χ2v) is 8.77. The van der Waals surface area contributed by atoms with Crippen molar-refractivity contribution in [3.8, 4) is 0 Å². The highest BCUT2D eigenvalue weighted by Gasteiger charge is 2.24. The number of fused-ring (bicyclic) bond motifs is 1. The monoisotopic (exact) mass is 435 g/mol. The Labute approximate surface area is 185 Å². The minimum absolute atomic E-state index is 0.155. The van der Waals surface area contributed by atoms with Gasteiger partial charge in [0, 0.05) is 10.6 Å². The van der Waals surface area contributed by atoms with Crippen LogP contribution < -0.4 is 11.1 Å². The van der Waals surface area contributed by atoms with Crippen molar-refractivity contribution >= 4 is 33.9 Å². The summed E-state index contributed by atoms with van der Waals surface area (Å²) in [6, 6.07) is 11.2. The quantitative estimate of drug-likeness (QED) is 0.559. The first-order valence-corrected chi connectivity index (χ1v) is 11.2. The minimum atomic E-state index is -0.337. The lowest BCUT2D eigenvalue weighted by Crippen LogP contribution is -2.16. The number of aryl methyl sites for hydroxylation is 3. The van der Waals surface area contributed by atoms with Gasteiger partial charge in [0.2, 0.25) is 0 Å². The van der Waals surface area contributed by atoms with Gasteiger partial charge in [0.25, 0.3) is 5.91 Å².